The Labute approximate surface area is 108 Å². The predicted molar refractivity (Wildman–Crippen MR) is 61.0 cm³/mol. The van der Waals surface area contributed by atoms with Crippen LogP contribution in [-0.2, 0) is 11.2 Å². The molecule has 0 aliphatic rings. The van der Waals surface area contributed by atoms with Gasteiger partial charge in [0.2, 0.25) is 0 Å². The second-order valence-electron chi connectivity index (χ2n) is 2.89. The summed E-state index contributed by atoms with van der Waals surface area (Å²) in [7, 11) is 0. The fraction of sp³-hybridized carbons (Fsp3) is 0.462. The molecule has 15 heavy (non-hydrogen) atoms. The first-order valence-electron chi connectivity index (χ1n) is 10.1. The summed E-state index contributed by atoms with van der Waals surface area (Å²) in [5.74, 6) is -7.04. The fourth-order valence-electron chi connectivity index (χ4n) is 1.05. The fourth-order valence-corrected chi connectivity index (χ4v) is 1.05. The molecule has 0 fully saturated rings. The lowest BCUT2D eigenvalue weighted by atomic mass is 9.97. The minimum Gasteiger partial charge on any atom is -0.481 e. The van der Waals surface area contributed by atoms with Crippen LogP contribution in [-0.4, -0.2) is 11.1 Å². The molecule has 0 saturated carbocycles. The molecule has 1 N–H and O–H groups in total. The normalized spacial score (nSPS) is 28.8. The minimum atomic E-state index is -3.51. The van der Waals surface area contributed by atoms with Gasteiger partial charge < -0.3 is 5.11 Å². The van der Waals surface area contributed by atoms with Crippen molar-refractivity contribution < 1.29 is 26.4 Å². The smallest absolute Gasteiger partial charge is 0.310 e. The van der Waals surface area contributed by atoms with E-state index in [2.05, 4.69) is 0 Å². The Morgan fingerprint density at radius 3 is 2.60 bits per heavy atom. The molecule has 0 amide bonds. The Kier molecular flexibility index (Phi) is 1.11. The van der Waals surface area contributed by atoms with Crippen molar-refractivity contribution in [3.63, 3.8) is 0 Å². The molecule has 0 aliphatic heterocycles. The van der Waals surface area contributed by atoms with Crippen molar-refractivity contribution in [3.05, 3.63) is 35.4 Å². The van der Waals surface area contributed by atoms with Gasteiger partial charge in [-0.15, -0.1) is 0 Å². The van der Waals surface area contributed by atoms with Gasteiger partial charge in [0.15, 0.2) is 0 Å². The quantitative estimate of drug-likeness (QED) is 0.843. The van der Waals surface area contributed by atoms with Crippen molar-refractivity contribution in [1.29, 1.82) is 0 Å². The minimum absolute atomic E-state index is 0.194. The van der Waals surface area contributed by atoms with Gasteiger partial charge in [-0.3, -0.25) is 4.79 Å². The molecule has 0 spiro atoms. The summed E-state index contributed by atoms with van der Waals surface area (Å²) in [6.07, 6.45) is -3.18. The van der Waals surface area contributed by atoms with E-state index in [4.69, 9.17) is 21.6 Å². The Hall–Kier alpha value is -1.31. The van der Waals surface area contributed by atoms with Crippen molar-refractivity contribution in [2.24, 2.45) is 5.89 Å². The van der Waals surface area contributed by atoms with Crippen molar-refractivity contribution in [3.8, 4) is 0 Å². The Morgan fingerprint density at radius 2 is 2.13 bits per heavy atom. The molecule has 1 aromatic carbocycles. The Balaban J connectivity index is 3.51. The zero-order chi connectivity index (χ0) is 21.6. The van der Waals surface area contributed by atoms with Crippen LogP contribution < -0.4 is 0 Å². The molecule has 0 heterocycles. The van der Waals surface area contributed by atoms with Crippen LogP contribution in [0.3, 0.4) is 0 Å². The molecular formula is C13H18O2. The number of benzene rings is 1. The highest BCUT2D eigenvalue weighted by Gasteiger charge is 2.12. The number of hydrogen-bond donors (Lipinski definition) is 1. The van der Waals surface area contributed by atoms with Gasteiger partial charge in [0.1, 0.15) is 0 Å². The number of rotatable bonds is 4. The maximum absolute atomic E-state index is 11.2. The Morgan fingerprint density at radius 1 is 1.47 bits per heavy atom. The molecule has 1 rings (SSSR count). The number of hydrogen-bond acceptors (Lipinski definition) is 1. The number of carboxylic acids is 1. The maximum Gasteiger partial charge on any atom is 0.310 e. The standard InChI is InChI=1S/C13H18O2/c1-9(2)8-11-4-6-12(7-5-11)10(3)13(14)15/h4-7,9-10H,8H2,1-3H3,(H,14,15)/i1D3,2D3,3D3,8D2,9D. The molecule has 0 radical (unpaired) electrons. The van der Waals surface area contributed by atoms with Gasteiger partial charge in [-0.05, 0) is 30.2 Å². The highest BCUT2D eigenvalue weighted by atomic mass is 16.4. The summed E-state index contributed by atoms with van der Waals surface area (Å²) in [5, 5.41) is 9.12. The molecule has 1 unspecified atom stereocenters. The summed E-state index contributed by atoms with van der Waals surface area (Å²) < 4.78 is 90.3. The van der Waals surface area contributed by atoms with Crippen molar-refractivity contribution in [1.82, 2.24) is 0 Å². The summed E-state index contributed by atoms with van der Waals surface area (Å²) in [5.41, 5.74) is -0.691. The van der Waals surface area contributed by atoms with E-state index in [-0.39, 0.29) is 5.56 Å². The largest absolute Gasteiger partial charge is 0.481 e. The molecule has 1 atom stereocenters. The first kappa shape index (κ1) is 3.34. The Bertz CT molecular complexity index is 669. The highest BCUT2D eigenvalue weighted by molar-refractivity contribution is 5.75. The maximum atomic E-state index is 11.2. The first-order valence-corrected chi connectivity index (χ1v) is 4.12. The van der Waals surface area contributed by atoms with Crippen LogP contribution in [0.2, 0.25) is 0 Å². The number of carboxylic acid groups (broad SMARTS) is 1. The molecule has 0 aromatic heterocycles. The van der Waals surface area contributed by atoms with Gasteiger partial charge in [-0.1, -0.05) is 38.0 Å². The molecular weight excluding hydrogens is 188 g/mol. The zero-order valence-electron chi connectivity index (χ0n) is 19.7. The summed E-state index contributed by atoms with van der Waals surface area (Å²) in [6.45, 7) is -9.91. The molecule has 0 bridgehead atoms. The van der Waals surface area contributed by atoms with Gasteiger partial charge in [0.25, 0.3) is 0 Å². The van der Waals surface area contributed by atoms with Crippen LogP contribution in [0.5, 0.6) is 0 Å². The van der Waals surface area contributed by atoms with Gasteiger partial charge in [0, 0.05) is 16.4 Å². The first-order chi connectivity index (χ1) is 11.8. The lowest BCUT2D eigenvalue weighted by Crippen LogP contribution is -2.07. The summed E-state index contributed by atoms with van der Waals surface area (Å²) in [6, 6.07) is 3.74. The van der Waals surface area contributed by atoms with Crippen molar-refractivity contribution >= 4 is 5.97 Å². The van der Waals surface area contributed by atoms with E-state index in [0.717, 1.165) is 24.3 Å². The second-order valence-corrected chi connectivity index (χ2v) is 2.89. The SMILES string of the molecule is [2H]C([2H])([2H])C(C(=O)O)c1ccc(C([2H])([2H])C([2H])(C([2H])([2H])[2H])C([2H])([2H])[2H])cc1. The molecule has 2 nitrogen and oxygen atoms in total. The average molecular weight is 218 g/mol. The van der Waals surface area contributed by atoms with E-state index in [1.807, 2.05) is 0 Å². The van der Waals surface area contributed by atoms with E-state index >= 15 is 0 Å². The molecule has 82 valence electrons. The molecule has 2 heteroatoms. The van der Waals surface area contributed by atoms with Crippen molar-refractivity contribution in [2.75, 3.05) is 0 Å². The highest BCUT2D eigenvalue weighted by Crippen LogP contribution is 2.17. The third kappa shape index (κ3) is 3.39. The third-order valence-electron chi connectivity index (χ3n) is 1.76. The van der Waals surface area contributed by atoms with E-state index in [1.54, 1.807) is 0 Å². The van der Waals surface area contributed by atoms with Crippen LogP contribution in [0.25, 0.3) is 0 Å². The van der Waals surface area contributed by atoms with E-state index in [9.17, 15) is 4.79 Å². The number of carbonyl (C=O) groups is 1. The summed E-state index contributed by atoms with van der Waals surface area (Å²) >= 11 is 0. The van der Waals surface area contributed by atoms with Gasteiger partial charge in [-0.2, -0.15) is 0 Å². The van der Waals surface area contributed by atoms with Crippen LogP contribution in [0.15, 0.2) is 24.3 Å². The lowest BCUT2D eigenvalue weighted by molar-refractivity contribution is -0.138. The van der Waals surface area contributed by atoms with E-state index in [1.165, 1.54) is 0 Å². The van der Waals surface area contributed by atoms with Crippen molar-refractivity contribution in [2.45, 2.75) is 32.8 Å². The van der Waals surface area contributed by atoms with E-state index < -0.39 is 50.3 Å². The van der Waals surface area contributed by atoms with Gasteiger partial charge in [-0.25, -0.2) is 0 Å². The van der Waals surface area contributed by atoms with Crippen LogP contribution in [0.4, 0.5) is 0 Å². The van der Waals surface area contributed by atoms with E-state index in [0.29, 0.717) is 0 Å². The van der Waals surface area contributed by atoms with Crippen LogP contribution in [0, 0.1) is 5.89 Å². The lowest BCUT2D eigenvalue weighted by Gasteiger charge is -2.09. The second kappa shape index (κ2) is 4.96. The summed E-state index contributed by atoms with van der Waals surface area (Å²) in [4.78, 5) is 11.2. The number of aliphatic carboxylic acids is 1. The predicted octanol–water partition coefficient (Wildman–Crippen LogP) is 3.07. The topological polar surface area (TPSA) is 37.3 Å². The molecule has 0 aliphatic carbocycles. The molecule has 0 saturated heterocycles. The van der Waals surface area contributed by atoms with Gasteiger partial charge >= 0.3 is 5.97 Å². The third-order valence-corrected chi connectivity index (χ3v) is 1.76. The average Bonchev–Trinajstić information content (AvgIpc) is 2.42. The van der Waals surface area contributed by atoms with Crippen LogP contribution in [0.1, 0.15) is 54.0 Å². The van der Waals surface area contributed by atoms with Crippen LogP contribution >= 0.6 is 0 Å². The molecule has 1 aromatic rings. The van der Waals surface area contributed by atoms with Gasteiger partial charge in [0.05, 0.1) is 5.92 Å². The zero-order valence-corrected chi connectivity index (χ0v) is 7.74. The monoisotopic (exact) mass is 218 g/mol.